The molecule has 0 fully saturated rings. The minimum atomic E-state index is -0.329. The Bertz CT molecular complexity index is 1010. The summed E-state index contributed by atoms with van der Waals surface area (Å²) < 4.78 is 5.56. The van der Waals surface area contributed by atoms with E-state index in [1.54, 1.807) is 36.2 Å². The number of ether oxygens (including phenoxy) is 1. The van der Waals surface area contributed by atoms with E-state index >= 15 is 0 Å². The lowest BCUT2D eigenvalue weighted by Crippen LogP contribution is -2.35. The summed E-state index contributed by atoms with van der Waals surface area (Å²) in [5.74, 6) is -0.833. The fraction of sp³-hybridized carbons (Fsp3) is 0.320. The van der Waals surface area contributed by atoms with Gasteiger partial charge in [0.05, 0.1) is 11.7 Å². The molecular formula is C25H29N3O4. The molecule has 1 heterocycles. The molecule has 0 bridgehead atoms. The molecule has 2 aromatic carbocycles. The number of hydrogen-bond donors (Lipinski definition) is 1. The zero-order chi connectivity index (χ0) is 23.3. The van der Waals surface area contributed by atoms with Crippen LogP contribution in [0, 0.1) is 0 Å². The van der Waals surface area contributed by atoms with Gasteiger partial charge in [-0.3, -0.25) is 19.3 Å². The zero-order valence-electron chi connectivity index (χ0n) is 18.9. The summed E-state index contributed by atoms with van der Waals surface area (Å²) in [4.78, 5) is 41.1. The van der Waals surface area contributed by atoms with Crippen LogP contribution in [0.5, 0.6) is 0 Å². The molecule has 3 amide bonds. The number of amides is 3. The topological polar surface area (TPSA) is 79.0 Å². The number of para-hydroxylation sites is 1. The number of carbonyl (C=O) groups is 3. The standard InChI is InChI=1S/C25H29N3O4/c1-17(2)32-16-8-15-28-24(30)22(19-11-13-20(14-12-19)26-18(3)29)23(25(28)31)27(4)21-9-6-5-7-10-21/h5-7,9-14,17H,8,15-16H2,1-4H3,(H,26,29). The Hall–Kier alpha value is -3.45. The second kappa shape index (κ2) is 10.2. The van der Waals surface area contributed by atoms with Gasteiger partial charge in [0.15, 0.2) is 0 Å². The van der Waals surface area contributed by atoms with E-state index in [1.807, 2.05) is 44.2 Å². The molecule has 1 aliphatic heterocycles. The van der Waals surface area contributed by atoms with Gasteiger partial charge in [0.25, 0.3) is 11.8 Å². The van der Waals surface area contributed by atoms with E-state index in [1.165, 1.54) is 11.8 Å². The number of nitrogens with zero attached hydrogens (tertiary/aromatic N) is 2. The lowest BCUT2D eigenvalue weighted by atomic mass is 10.0. The smallest absolute Gasteiger partial charge is 0.278 e. The van der Waals surface area contributed by atoms with Crippen molar-refractivity contribution in [1.29, 1.82) is 0 Å². The summed E-state index contributed by atoms with van der Waals surface area (Å²) in [6.07, 6.45) is 0.655. The highest BCUT2D eigenvalue weighted by molar-refractivity contribution is 6.36. The van der Waals surface area contributed by atoms with Crippen molar-refractivity contribution in [2.45, 2.75) is 33.3 Å². The minimum absolute atomic E-state index is 0.0931. The number of benzene rings is 2. The summed E-state index contributed by atoms with van der Waals surface area (Å²) in [6.45, 7) is 6.08. The van der Waals surface area contributed by atoms with Gasteiger partial charge in [-0.2, -0.15) is 0 Å². The Kier molecular flexibility index (Phi) is 7.43. The van der Waals surface area contributed by atoms with Crippen LogP contribution in [0.1, 0.15) is 32.8 Å². The highest BCUT2D eigenvalue weighted by atomic mass is 16.5. The summed E-state index contributed by atoms with van der Waals surface area (Å²) >= 11 is 0. The molecule has 3 rings (SSSR count). The van der Waals surface area contributed by atoms with Crippen LogP contribution in [0.3, 0.4) is 0 Å². The van der Waals surface area contributed by atoms with Gasteiger partial charge in [0, 0.05) is 38.5 Å². The van der Waals surface area contributed by atoms with Gasteiger partial charge in [-0.15, -0.1) is 0 Å². The molecule has 0 saturated carbocycles. The van der Waals surface area contributed by atoms with Crippen LogP contribution in [0.4, 0.5) is 11.4 Å². The Labute approximate surface area is 188 Å². The highest BCUT2D eigenvalue weighted by Gasteiger charge is 2.40. The van der Waals surface area contributed by atoms with Crippen molar-refractivity contribution in [2.75, 3.05) is 30.4 Å². The molecule has 0 atom stereocenters. The summed E-state index contributed by atoms with van der Waals surface area (Å²) in [7, 11) is 1.78. The highest BCUT2D eigenvalue weighted by Crippen LogP contribution is 2.34. The Morgan fingerprint density at radius 3 is 2.28 bits per heavy atom. The van der Waals surface area contributed by atoms with Gasteiger partial charge in [-0.05, 0) is 50.1 Å². The lowest BCUT2D eigenvalue weighted by Gasteiger charge is -2.21. The predicted molar refractivity (Wildman–Crippen MR) is 125 cm³/mol. The number of imide groups is 1. The lowest BCUT2D eigenvalue weighted by molar-refractivity contribution is -0.137. The minimum Gasteiger partial charge on any atom is -0.379 e. The van der Waals surface area contributed by atoms with Crippen LogP contribution >= 0.6 is 0 Å². The first-order chi connectivity index (χ1) is 15.3. The molecule has 2 aromatic rings. The van der Waals surface area contributed by atoms with E-state index in [9.17, 15) is 14.4 Å². The van der Waals surface area contributed by atoms with E-state index in [2.05, 4.69) is 5.32 Å². The first kappa shape index (κ1) is 23.2. The molecule has 7 nitrogen and oxygen atoms in total. The fourth-order valence-electron chi connectivity index (χ4n) is 3.58. The molecule has 7 heteroatoms. The number of nitrogens with one attached hydrogen (secondary N) is 1. The van der Waals surface area contributed by atoms with Crippen molar-refractivity contribution >= 4 is 34.7 Å². The quantitative estimate of drug-likeness (QED) is 0.480. The van der Waals surface area contributed by atoms with Crippen molar-refractivity contribution < 1.29 is 19.1 Å². The normalized spacial score (nSPS) is 13.8. The maximum absolute atomic E-state index is 13.4. The van der Waals surface area contributed by atoms with E-state index in [4.69, 9.17) is 4.74 Å². The van der Waals surface area contributed by atoms with Gasteiger partial charge in [-0.1, -0.05) is 30.3 Å². The van der Waals surface area contributed by atoms with Crippen molar-refractivity contribution in [2.24, 2.45) is 0 Å². The first-order valence-corrected chi connectivity index (χ1v) is 10.7. The molecule has 1 aliphatic rings. The van der Waals surface area contributed by atoms with Crippen LogP contribution in [-0.2, 0) is 19.1 Å². The average Bonchev–Trinajstić information content (AvgIpc) is 3.01. The van der Waals surface area contributed by atoms with Crippen molar-refractivity contribution in [1.82, 2.24) is 4.90 Å². The van der Waals surface area contributed by atoms with Gasteiger partial charge >= 0.3 is 0 Å². The van der Waals surface area contributed by atoms with Crippen molar-refractivity contribution in [3.8, 4) is 0 Å². The Morgan fingerprint density at radius 2 is 1.69 bits per heavy atom. The number of rotatable bonds is 9. The second-order valence-electron chi connectivity index (χ2n) is 7.91. The third-order valence-electron chi connectivity index (χ3n) is 5.09. The summed E-state index contributed by atoms with van der Waals surface area (Å²) in [6, 6.07) is 16.4. The van der Waals surface area contributed by atoms with Crippen molar-refractivity contribution in [3.05, 3.63) is 65.9 Å². The number of likely N-dealkylation sites (N-methyl/N-ethyl adjacent to an activating group) is 1. The number of carbonyl (C=O) groups excluding carboxylic acids is 3. The van der Waals surface area contributed by atoms with Crippen LogP contribution in [0.25, 0.3) is 5.57 Å². The van der Waals surface area contributed by atoms with Crippen LogP contribution in [0.15, 0.2) is 60.3 Å². The Morgan fingerprint density at radius 1 is 1.03 bits per heavy atom. The predicted octanol–water partition coefficient (Wildman–Crippen LogP) is 3.68. The molecule has 168 valence electrons. The molecule has 0 aromatic heterocycles. The molecular weight excluding hydrogens is 406 g/mol. The zero-order valence-corrected chi connectivity index (χ0v) is 18.9. The van der Waals surface area contributed by atoms with Gasteiger partial charge < -0.3 is 15.0 Å². The third-order valence-corrected chi connectivity index (χ3v) is 5.09. The molecule has 32 heavy (non-hydrogen) atoms. The molecule has 0 radical (unpaired) electrons. The fourth-order valence-corrected chi connectivity index (χ4v) is 3.58. The van der Waals surface area contributed by atoms with Gasteiger partial charge in [0.2, 0.25) is 5.91 Å². The van der Waals surface area contributed by atoms with E-state index in [0.29, 0.717) is 35.5 Å². The average molecular weight is 436 g/mol. The van der Waals surface area contributed by atoms with Gasteiger partial charge in [0.1, 0.15) is 5.70 Å². The summed E-state index contributed by atoms with van der Waals surface area (Å²) in [5.41, 5.74) is 2.73. The van der Waals surface area contributed by atoms with E-state index < -0.39 is 0 Å². The van der Waals surface area contributed by atoms with Crippen molar-refractivity contribution in [3.63, 3.8) is 0 Å². The van der Waals surface area contributed by atoms with E-state index in [0.717, 1.165) is 5.69 Å². The molecule has 0 aliphatic carbocycles. The van der Waals surface area contributed by atoms with E-state index in [-0.39, 0.29) is 30.4 Å². The molecule has 0 spiro atoms. The molecule has 0 unspecified atom stereocenters. The first-order valence-electron chi connectivity index (χ1n) is 10.7. The monoisotopic (exact) mass is 435 g/mol. The maximum atomic E-state index is 13.4. The second-order valence-corrected chi connectivity index (χ2v) is 7.91. The largest absolute Gasteiger partial charge is 0.379 e. The summed E-state index contributed by atoms with van der Waals surface area (Å²) in [5, 5.41) is 2.71. The maximum Gasteiger partial charge on any atom is 0.278 e. The molecule has 0 saturated heterocycles. The third kappa shape index (κ3) is 5.23. The SMILES string of the molecule is CC(=O)Nc1ccc(C2=C(N(C)c3ccccc3)C(=O)N(CCCOC(C)C)C2=O)cc1. The van der Waals surface area contributed by atoms with Gasteiger partial charge in [-0.25, -0.2) is 0 Å². The van der Waals surface area contributed by atoms with Crippen LogP contribution in [-0.4, -0.2) is 48.9 Å². The van der Waals surface area contributed by atoms with Crippen LogP contribution < -0.4 is 10.2 Å². The number of hydrogen-bond acceptors (Lipinski definition) is 5. The van der Waals surface area contributed by atoms with Crippen LogP contribution in [0.2, 0.25) is 0 Å². The number of anilines is 2. The Balaban J connectivity index is 1.95. The molecule has 1 N–H and O–H groups in total.